The Bertz CT molecular complexity index is 521. The van der Waals surface area contributed by atoms with Crippen LogP contribution in [-0.4, -0.2) is 0 Å². The van der Waals surface area contributed by atoms with Crippen LogP contribution in [0.25, 0.3) is 11.3 Å². The minimum atomic E-state index is -0.960. The molecule has 0 radical (unpaired) electrons. The molecule has 0 bridgehead atoms. The van der Waals surface area contributed by atoms with Crippen molar-refractivity contribution in [1.29, 1.82) is 0 Å². The maximum Gasteiger partial charge on any atom is 0.160 e. The van der Waals surface area contributed by atoms with E-state index in [2.05, 4.69) is 5.92 Å². The number of benzene rings is 1. The molecule has 0 atom stereocenters. The molecule has 0 amide bonds. The third-order valence-corrected chi connectivity index (χ3v) is 2.00. The number of rotatable bonds is 1. The monoisotopic (exact) mass is 204 g/mol. The molecule has 0 aliphatic rings. The molecule has 1 heterocycles. The molecule has 0 aliphatic carbocycles. The molecule has 0 aliphatic heterocycles. The highest BCUT2D eigenvalue weighted by Crippen LogP contribution is 2.25. The van der Waals surface area contributed by atoms with Crippen molar-refractivity contribution in [2.24, 2.45) is 0 Å². The maximum atomic E-state index is 13.0. The normalized spacial score (nSPS) is 9.93. The van der Waals surface area contributed by atoms with Gasteiger partial charge in [-0.25, -0.2) is 8.78 Å². The average molecular weight is 204 g/mol. The van der Waals surface area contributed by atoms with Gasteiger partial charge in [0.05, 0.1) is 6.26 Å². The fourth-order valence-corrected chi connectivity index (χ4v) is 1.30. The molecule has 0 saturated carbocycles. The van der Waals surface area contributed by atoms with Crippen LogP contribution in [0.4, 0.5) is 8.78 Å². The second-order valence-corrected chi connectivity index (χ2v) is 2.93. The van der Waals surface area contributed by atoms with Crippen molar-refractivity contribution in [3.63, 3.8) is 0 Å². The molecule has 74 valence electrons. The van der Waals surface area contributed by atoms with Crippen molar-refractivity contribution in [2.75, 3.05) is 0 Å². The number of hydrogen-bond acceptors (Lipinski definition) is 1. The first kappa shape index (κ1) is 9.47. The zero-order chi connectivity index (χ0) is 10.8. The molecule has 1 aromatic heterocycles. The lowest BCUT2D eigenvalue weighted by Crippen LogP contribution is -1.90. The van der Waals surface area contributed by atoms with Gasteiger partial charge in [-0.1, -0.05) is 5.92 Å². The van der Waals surface area contributed by atoms with Crippen LogP contribution in [0.15, 0.2) is 34.9 Å². The van der Waals surface area contributed by atoms with Crippen LogP contribution in [0.2, 0.25) is 0 Å². The summed E-state index contributed by atoms with van der Waals surface area (Å²) in [5.74, 6) is 0.800. The molecule has 1 aromatic carbocycles. The van der Waals surface area contributed by atoms with Gasteiger partial charge in [0.15, 0.2) is 11.6 Å². The van der Waals surface area contributed by atoms with E-state index in [0.717, 1.165) is 12.1 Å². The maximum absolute atomic E-state index is 13.0. The number of hydrogen-bond donors (Lipinski definition) is 0. The van der Waals surface area contributed by atoms with Crippen LogP contribution >= 0.6 is 0 Å². The van der Waals surface area contributed by atoms with Crippen LogP contribution in [0, 0.1) is 24.0 Å². The van der Waals surface area contributed by atoms with Gasteiger partial charge >= 0.3 is 0 Å². The second-order valence-electron chi connectivity index (χ2n) is 2.93. The summed E-state index contributed by atoms with van der Waals surface area (Å²) in [6.07, 6.45) is 6.64. The van der Waals surface area contributed by atoms with Gasteiger partial charge in [0, 0.05) is 11.1 Å². The Labute approximate surface area is 85.3 Å². The highest BCUT2D eigenvalue weighted by molar-refractivity contribution is 5.66. The minimum absolute atomic E-state index is 0.267. The number of terminal acetylenes is 1. The highest BCUT2D eigenvalue weighted by Gasteiger charge is 2.11. The summed E-state index contributed by atoms with van der Waals surface area (Å²) in [5, 5.41) is 0. The zero-order valence-electron chi connectivity index (χ0n) is 7.63. The number of halogens is 2. The van der Waals surface area contributed by atoms with Crippen molar-refractivity contribution < 1.29 is 13.2 Å². The molecule has 15 heavy (non-hydrogen) atoms. The van der Waals surface area contributed by atoms with Crippen LogP contribution in [0.3, 0.4) is 0 Å². The van der Waals surface area contributed by atoms with Gasteiger partial charge < -0.3 is 4.42 Å². The summed E-state index contributed by atoms with van der Waals surface area (Å²) < 4.78 is 31.0. The smallest absolute Gasteiger partial charge is 0.160 e. The number of furan rings is 1. The van der Waals surface area contributed by atoms with Crippen LogP contribution in [-0.2, 0) is 0 Å². The molecule has 0 unspecified atom stereocenters. The van der Waals surface area contributed by atoms with Crippen molar-refractivity contribution in [3.05, 3.63) is 47.7 Å². The molecule has 0 spiro atoms. The second kappa shape index (κ2) is 3.58. The van der Waals surface area contributed by atoms with Gasteiger partial charge in [-0.15, -0.1) is 6.42 Å². The lowest BCUT2D eigenvalue weighted by molar-refractivity contribution is 0.507. The predicted octanol–water partition coefficient (Wildman–Crippen LogP) is 3.21. The quantitative estimate of drug-likeness (QED) is 0.650. The fourth-order valence-electron chi connectivity index (χ4n) is 1.30. The highest BCUT2D eigenvalue weighted by atomic mass is 19.2. The molecule has 0 N–H and O–H groups in total. The van der Waals surface area contributed by atoms with E-state index >= 15 is 0 Å². The fraction of sp³-hybridized carbons (Fsp3) is 0. The van der Waals surface area contributed by atoms with Gasteiger partial charge in [0.1, 0.15) is 5.76 Å². The first-order chi connectivity index (χ1) is 7.22. The predicted molar refractivity (Wildman–Crippen MR) is 52.0 cm³/mol. The van der Waals surface area contributed by atoms with E-state index < -0.39 is 11.6 Å². The molecular formula is C12H6F2O. The molecule has 3 heteroatoms. The van der Waals surface area contributed by atoms with Gasteiger partial charge in [-0.3, -0.25) is 0 Å². The van der Waals surface area contributed by atoms with Gasteiger partial charge in [0.2, 0.25) is 0 Å². The van der Waals surface area contributed by atoms with Crippen LogP contribution < -0.4 is 0 Å². The van der Waals surface area contributed by atoms with Gasteiger partial charge in [-0.05, 0) is 24.3 Å². The summed E-state index contributed by atoms with van der Waals surface area (Å²) in [5.41, 5.74) is 0.644. The topological polar surface area (TPSA) is 13.1 Å². The lowest BCUT2D eigenvalue weighted by Gasteiger charge is -2.02. The van der Waals surface area contributed by atoms with Crippen LogP contribution in [0.1, 0.15) is 5.56 Å². The largest absolute Gasteiger partial charge is 0.464 e. The first-order valence-electron chi connectivity index (χ1n) is 4.22. The summed E-state index contributed by atoms with van der Waals surface area (Å²) in [7, 11) is 0. The molecule has 1 nitrogen and oxygen atoms in total. The molecule has 2 rings (SSSR count). The summed E-state index contributed by atoms with van der Waals surface area (Å²) >= 11 is 0. The Hall–Kier alpha value is -2.08. The Balaban J connectivity index is 2.67. The van der Waals surface area contributed by atoms with E-state index in [4.69, 9.17) is 10.8 Å². The van der Waals surface area contributed by atoms with E-state index in [0.29, 0.717) is 11.3 Å². The van der Waals surface area contributed by atoms with E-state index in [1.54, 1.807) is 12.1 Å². The molecule has 0 fully saturated rings. The Morgan fingerprint density at radius 2 is 1.93 bits per heavy atom. The standard InChI is InChI=1S/C12H6F2O/c1-2-8-6-10(13)11(14)7-9(8)12-4-3-5-15-12/h1,3-7H. The molecule has 2 aromatic rings. The zero-order valence-corrected chi connectivity index (χ0v) is 7.63. The first-order valence-corrected chi connectivity index (χ1v) is 4.22. The van der Waals surface area contributed by atoms with Crippen molar-refractivity contribution in [2.45, 2.75) is 0 Å². The van der Waals surface area contributed by atoms with Crippen molar-refractivity contribution in [3.8, 4) is 23.7 Å². The Kier molecular flexibility index (Phi) is 2.26. The van der Waals surface area contributed by atoms with Crippen molar-refractivity contribution in [1.82, 2.24) is 0 Å². The molecule has 0 saturated heterocycles. The third-order valence-electron chi connectivity index (χ3n) is 2.00. The SMILES string of the molecule is C#Cc1cc(F)c(F)cc1-c1ccco1. The Morgan fingerprint density at radius 3 is 2.53 bits per heavy atom. The Morgan fingerprint density at radius 1 is 1.20 bits per heavy atom. The van der Waals surface area contributed by atoms with Crippen molar-refractivity contribution >= 4 is 0 Å². The van der Waals surface area contributed by atoms with E-state index in [-0.39, 0.29) is 5.56 Å². The summed E-state index contributed by atoms with van der Waals surface area (Å²) in [6, 6.07) is 5.29. The van der Waals surface area contributed by atoms with Crippen LogP contribution in [0.5, 0.6) is 0 Å². The van der Waals surface area contributed by atoms with Gasteiger partial charge in [-0.2, -0.15) is 0 Å². The average Bonchev–Trinajstić information content (AvgIpc) is 2.74. The molecular weight excluding hydrogens is 198 g/mol. The van der Waals surface area contributed by atoms with E-state index in [9.17, 15) is 8.78 Å². The summed E-state index contributed by atoms with van der Waals surface area (Å²) in [6.45, 7) is 0. The lowest BCUT2D eigenvalue weighted by atomic mass is 10.1. The minimum Gasteiger partial charge on any atom is -0.464 e. The van der Waals surface area contributed by atoms with E-state index in [1.807, 2.05) is 0 Å². The van der Waals surface area contributed by atoms with Gasteiger partial charge in [0.25, 0.3) is 0 Å². The van der Waals surface area contributed by atoms with E-state index in [1.165, 1.54) is 6.26 Å². The summed E-state index contributed by atoms with van der Waals surface area (Å²) in [4.78, 5) is 0. The third kappa shape index (κ3) is 1.62.